The van der Waals surface area contributed by atoms with E-state index in [1.54, 1.807) is 7.11 Å². The summed E-state index contributed by atoms with van der Waals surface area (Å²) < 4.78 is 5.01. The molecule has 1 atom stereocenters. The van der Waals surface area contributed by atoms with E-state index in [-0.39, 0.29) is 6.10 Å². The molecule has 0 spiro atoms. The van der Waals surface area contributed by atoms with Crippen molar-refractivity contribution in [1.29, 1.82) is 0 Å². The molecule has 0 aliphatic carbocycles. The van der Waals surface area contributed by atoms with Gasteiger partial charge in [-0.05, 0) is 5.92 Å². The molecule has 56 valence electrons. The van der Waals surface area contributed by atoms with Crippen molar-refractivity contribution in [1.82, 2.24) is 0 Å². The standard InChI is InChI=1S/C6H12Cl2O/c1-4(2)5(9-3)6(7)8/h4-6H,1-3H3. The highest BCUT2D eigenvalue weighted by molar-refractivity contribution is 6.44. The van der Waals surface area contributed by atoms with E-state index in [0.29, 0.717) is 5.92 Å². The van der Waals surface area contributed by atoms with Crippen molar-refractivity contribution in [3.05, 3.63) is 0 Å². The molecule has 0 rings (SSSR count). The first-order valence-corrected chi connectivity index (χ1v) is 3.77. The van der Waals surface area contributed by atoms with Crippen LogP contribution in [0.15, 0.2) is 0 Å². The van der Waals surface area contributed by atoms with Crippen molar-refractivity contribution in [3.63, 3.8) is 0 Å². The third kappa shape index (κ3) is 3.29. The smallest absolute Gasteiger partial charge is 0.134 e. The summed E-state index contributed by atoms with van der Waals surface area (Å²) >= 11 is 11.2. The van der Waals surface area contributed by atoms with E-state index in [9.17, 15) is 0 Å². The molecule has 3 heteroatoms. The van der Waals surface area contributed by atoms with Crippen LogP contribution in [0.2, 0.25) is 0 Å². The van der Waals surface area contributed by atoms with Gasteiger partial charge in [0.2, 0.25) is 0 Å². The molecule has 0 radical (unpaired) electrons. The second kappa shape index (κ2) is 4.37. The fourth-order valence-corrected chi connectivity index (χ4v) is 1.45. The summed E-state index contributed by atoms with van der Waals surface area (Å²) in [7, 11) is 1.61. The lowest BCUT2D eigenvalue weighted by molar-refractivity contribution is 0.0759. The van der Waals surface area contributed by atoms with E-state index < -0.39 is 4.84 Å². The van der Waals surface area contributed by atoms with Crippen LogP contribution in [0.4, 0.5) is 0 Å². The molecule has 9 heavy (non-hydrogen) atoms. The SMILES string of the molecule is COC(C(C)C)C(Cl)Cl. The van der Waals surface area contributed by atoms with Crippen LogP contribution >= 0.6 is 23.2 Å². The molecule has 0 heterocycles. The Bertz CT molecular complexity index is 65.5. The third-order valence-corrected chi connectivity index (χ3v) is 1.67. The number of methoxy groups -OCH3 is 1. The van der Waals surface area contributed by atoms with Crippen LogP contribution in [0, 0.1) is 5.92 Å². The normalized spacial score (nSPS) is 15.0. The number of halogens is 2. The van der Waals surface area contributed by atoms with E-state index in [2.05, 4.69) is 0 Å². The molecule has 0 saturated carbocycles. The maximum atomic E-state index is 5.58. The number of alkyl halides is 2. The lowest BCUT2D eigenvalue weighted by Crippen LogP contribution is -2.24. The van der Waals surface area contributed by atoms with E-state index in [1.165, 1.54) is 0 Å². The van der Waals surface area contributed by atoms with E-state index in [0.717, 1.165) is 0 Å². The van der Waals surface area contributed by atoms with Crippen molar-refractivity contribution in [2.24, 2.45) is 5.92 Å². The van der Waals surface area contributed by atoms with Crippen molar-refractivity contribution in [3.8, 4) is 0 Å². The highest BCUT2D eigenvalue weighted by Crippen LogP contribution is 2.17. The summed E-state index contributed by atoms with van der Waals surface area (Å²) in [5.41, 5.74) is 0. The minimum atomic E-state index is -0.421. The van der Waals surface area contributed by atoms with E-state index in [4.69, 9.17) is 27.9 Å². The first kappa shape index (κ1) is 9.54. The zero-order chi connectivity index (χ0) is 7.44. The molecule has 0 bridgehead atoms. The monoisotopic (exact) mass is 170 g/mol. The molecule has 1 nitrogen and oxygen atoms in total. The largest absolute Gasteiger partial charge is 0.378 e. The fourth-order valence-electron chi connectivity index (χ4n) is 0.666. The average molecular weight is 171 g/mol. The molecule has 0 aromatic heterocycles. The van der Waals surface area contributed by atoms with E-state index in [1.807, 2.05) is 13.8 Å². The molecule has 0 saturated heterocycles. The van der Waals surface area contributed by atoms with Gasteiger partial charge in [0.1, 0.15) is 4.84 Å². The van der Waals surface area contributed by atoms with Gasteiger partial charge in [-0.1, -0.05) is 13.8 Å². The van der Waals surface area contributed by atoms with Gasteiger partial charge in [0.25, 0.3) is 0 Å². The van der Waals surface area contributed by atoms with Crippen LogP contribution in [-0.2, 0) is 4.74 Å². The lowest BCUT2D eigenvalue weighted by Gasteiger charge is -2.19. The van der Waals surface area contributed by atoms with Crippen LogP contribution in [0.1, 0.15) is 13.8 Å². The maximum absolute atomic E-state index is 5.58. The Balaban J connectivity index is 3.68. The molecule has 0 aromatic carbocycles. The minimum absolute atomic E-state index is 0.0478. The molecule has 0 N–H and O–H groups in total. The van der Waals surface area contributed by atoms with E-state index >= 15 is 0 Å². The minimum Gasteiger partial charge on any atom is -0.378 e. The van der Waals surface area contributed by atoms with Crippen LogP contribution < -0.4 is 0 Å². The quantitative estimate of drug-likeness (QED) is 0.592. The van der Waals surface area contributed by atoms with Crippen molar-refractivity contribution < 1.29 is 4.74 Å². The van der Waals surface area contributed by atoms with Crippen molar-refractivity contribution in [2.75, 3.05) is 7.11 Å². The number of hydrogen-bond donors (Lipinski definition) is 0. The van der Waals surface area contributed by atoms with Gasteiger partial charge < -0.3 is 4.74 Å². The van der Waals surface area contributed by atoms with Crippen LogP contribution in [0.25, 0.3) is 0 Å². The highest BCUT2D eigenvalue weighted by Gasteiger charge is 2.19. The predicted molar refractivity (Wildman–Crippen MR) is 41.1 cm³/mol. The van der Waals surface area contributed by atoms with Gasteiger partial charge in [0, 0.05) is 7.11 Å². The van der Waals surface area contributed by atoms with Crippen LogP contribution in [0.3, 0.4) is 0 Å². The molecule has 0 fully saturated rings. The molecule has 0 aliphatic heterocycles. The summed E-state index contributed by atoms with van der Waals surface area (Å²) in [6.07, 6.45) is -0.0478. The van der Waals surface area contributed by atoms with Gasteiger partial charge in [-0.2, -0.15) is 0 Å². The Labute approximate surface area is 66.3 Å². The first-order valence-electron chi connectivity index (χ1n) is 2.90. The topological polar surface area (TPSA) is 9.23 Å². The summed E-state index contributed by atoms with van der Waals surface area (Å²) in [6, 6.07) is 0. The third-order valence-electron chi connectivity index (χ3n) is 1.18. The van der Waals surface area contributed by atoms with Gasteiger partial charge in [0.15, 0.2) is 0 Å². The highest BCUT2D eigenvalue weighted by atomic mass is 35.5. The van der Waals surface area contributed by atoms with Crippen molar-refractivity contribution >= 4 is 23.2 Å². The molecular formula is C6H12Cl2O. The summed E-state index contributed by atoms with van der Waals surface area (Å²) in [6.45, 7) is 4.04. The number of hydrogen-bond acceptors (Lipinski definition) is 1. The Morgan fingerprint density at radius 1 is 1.22 bits per heavy atom. The second-order valence-electron chi connectivity index (χ2n) is 2.28. The summed E-state index contributed by atoms with van der Waals surface area (Å²) in [4.78, 5) is -0.421. The summed E-state index contributed by atoms with van der Waals surface area (Å²) in [5.74, 6) is 0.370. The average Bonchev–Trinajstić information content (AvgIpc) is 1.64. The predicted octanol–water partition coefficient (Wildman–Crippen LogP) is 2.46. The molecule has 0 amide bonds. The number of ether oxygens (including phenoxy) is 1. The molecular weight excluding hydrogens is 159 g/mol. The van der Waals surface area contributed by atoms with Gasteiger partial charge in [0.05, 0.1) is 6.10 Å². The lowest BCUT2D eigenvalue weighted by atomic mass is 10.1. The summed E-state index contributed by atoms with van der Waals surface area (Å²) in [5, 5.41) is 0. The van der Waals surface area contributed by atoms with Crippen molar-refractivity contribution in [2.45, 2.75) is 24.8 Å². The van der Waals surface area contributed by atoms with Crippen LogP contribution in [0.5, 0.6) is 0 Å². The van der Waals surface area contributed by atoms with Crippen LogP contribution in [-0.4, -0.2) is 18.1 Å². The molecule has 1 unspecified atom stereocenters. The maximum Gasteiger partial charge on any atom is 0.134 e. The zero-order valence-corrected chi connectivity index (χ0v) is 7.41. The zero-order valence-electron chi connectivity index (χ0n) is 5.90. The Morgan fingerprint density at radius 2 is 1.67 bits per heavy atom. The first-order chi connectivity index (χ1) is 4.09. The second-order valence-corrected chi connectivity index (χ2v) is 3.44. The Hall–Kier alpha value is 0.540. The van der Waals surface area contributed by atoms with Gasteiger partial charge >= 0.3 is 0 Å². The van der Waals surface area contributed by atoms with Gasteiger partial charge in [-0.15, -0.1) is 23.2 Å². The number of rotatable bonds is 3. The van der Waals surface area contributed by atoms with Gasteiger partial charge in [-0.3, -0.25) is 0 Å². The molecule has 0 aliphatic rings. The Kier molecular flexibility index (Phi) is 4.63. The molecule has 0 aromatic rings. The fraction of sp³-hybridized carbons (Fsp3) is 1.00. The Morgan fingerprint density at radius 3 is 1.67 bits per heavy atom. The van der Waals surface area contributed by atoms with Gasteiger partial charge in [-0.25, -0.2) is 0 Å².